The molecule has 0 saturated carbocycles. The number of aryl methyl sites for hydroxylation is 1. The van der Waals surface area contributed by atoms with Crippen LogP contribution in [0.4, 0.5) is 4.39 Å². The number of hydrogen-bond acceptors (Lipinski definition) is 2. The number of benzene rings is 2. The van der Waals surface area contributed by atoms with Crippen molar-refractivity contribution in [3.63, 3.8) is 0 Å². The second-order valence-corrected chi connectivity index (χ2v) is 5.27. The van der Waals surface area contributed by atoms with Crippen molar-refractivity contribution in [2.45, 2.75) is 26.2 Å². The second-order valence-electron chi connectivity index (χ2n) is 5.27. The van der Waals surface area contributed by atoms with Gasteiger partial charge in [0.05, 0.1) is 16.6 Å². The lowest BCUT2D eigenvalue weighted by atomic mass is 10.2. The third-order valence-electron chi connectivity index (χ3n) is 3.68. The summed E-state index contributed by atoms with van der Waals surface area (Å²) < 4.78 is 14.8. The molecule has 0 radical (unpaired) electrons. The maximum atomic E-state index is 13.2. The molecular formula is C18H17FN2O. The van der Waals surface area contributed by atoms with E-state index in [9.17, 15) is 9.18 Å². The van der Waals surface area contributed by atoms with Crippen LogP contribution in [-0.2, 0) is 6.42 Å². The Bertz CT molecular complexity index is 853. The fourth-order valence-corrected chi connectivity index (χ4v) is 2.54. The highest BCUT2D eigenvalue weighted by Crippen LogP contribution is 2.15. The highest BCUT2D eigenvalue weighted by Gasteiger charge is 2.12. The number of aromatic nitrogens is 2. The Morgan fingerprint density at radius 1 is 1.09 bits per heavy atom. The molecule has 1 aromatic heterocycles. The van der Waals surface area contributed by atoms with E-state index in [-0.39, 0.29) is 11.4 Å². The van der Waals surface area contributed by atoms with Crippen LogP contribution < -0.4 is 5.56 Å². The average Bonchev–Trinajstić information content (AvgIpc) is 2.54. The molecule has 0 aliphatic carbocycles. The van der Waals surface area contributed by atoms with Crippen LogP contribution in [0.25, 0.3) is 16.6 Å². The van der Waals surface area contributed by atoms with Crippen molar-refractivity contribution in [2.75, 3.05) is 0 Å². The minimum Gasteiger partial charge on any atom is -0.268 e. The van der Waals surface area contributed by atoms with Crippen LogP contribution in [0.3, 0.4) is 0 Å². The van der Waals surface area contributed by atoms with E-state index in [1.807, 2.05) is 18.2 Å². The zero-order valence-corrected chi connectivity index (χ0v) is 12.4. The molecule has 3 rings (SSSR count). The van der Waals surface area contributed by atoms with Gasteiger partial charge in [0.1, 0.15) is 11.6 Å². The molecule has 112 valence electrons. The maximum absolute atomic E-state index is 13.2. The van der Waals surface area contributed by atoms with Crippen LogP contribution >= 0.6 is 0 Å². The minimum atomic E-state index is -0.319. The standard InChI is InChI=1S/C18H17FN2O/c1-2-3-8-17-20-16-7-5-4-6-15(16)18(22)21(17)14-11-9-13(19)10-12-14/h4-7,9-12H,2-3,8H2,1H3. The Hall–Kier alpha value is -2.49. The Morgan fingerprint density at radius 3 is 2.55 bits per heavy atom. The van der Waals surface area contributed by atoms with Crippen LogP contribution in [-0.4, -0.2) is 9.55 Å². The van der Waals surface area contributed by atoms with Crippen LogP contribution in [0.1, 0.15) is 25.6 Å². The molecule has 0 bridgehead atoms. The Balaban J connectivity index is 2.27. The summed E-state index contributed by atoms with van der Waals surface area (Å²) in [7, 11) is 0. The van der Waals surface area contributed by atoms with E-state index in [0.29, 0.717) is 23.0 Å². The molecule has 0 fully saturated rings. The van der Waals surface area contributed by atoms with E-state index in [4.69, 9.17) is 0 Å². The predicted molar refractivity (Wildman–Crippen MR) is 85.9 cm³/mol. The van der Waals surface area contributed by atoms with Gasteiger partial charge in [0, 0.05) is 6.42 Å². The molecule has 3 aromatic rings. The molecule has 0 spiro atoms. The summed E-state index contributed by atoms with van der Waals surface area (Å²) in [5, 5.41) is 0.576. The number of unbranched alkanes of at least 4 members (excludes halogenated alkanes) is 1. The van der Waals surface area contributed by atoms with Gasteiger partial charge in [-0.1, -0.05) is 25.5 Å². The van der Waals surface area contributed by atoms with Crippen LogP contribution in [0.5, 0.6) is 0 Å². The lowest BCUT2D eigenvalue weighted by Gasteiger charge is -2.13. The van der Waals surface area contributed by atoms with Gasteiger partial charge in [0.2, 0.25) is 0 Å². The summed E-state index contributed by atoms with van der Waals surface area (Å²) in [6.45, 7) is 2.10. The molecular weight excluding hydrogens is 279 g/mol. The molecule has 0 aliphatic rings. The minimum absolute atomic E-state index is 0.108. The summed E-state index contributed by atoms with van der Waals surface area (Å²) in [5.74, 6) is 0.401. The van der Waals surface area contributed by atoms with Crippen molar-refractivity contribution in [1.82, 2.24) is 9.55 Å². The first-order valence-electron chi connectivity index (χ1n) is 7.47. The zero-order valence-electron chi connectivity index (χ0n) is 12.4. The molecule has 0 amide bonds. The van der Waals surface area contributed by atoms with Crippen molar-refractivity contribution in [3.8, 4) is 5.69 Å². The van der Waals surface area contributed by atoms with E-state index in [1.165, 1.54) is 12.1 Å². The van der Waals surface area contributed by atoms with Crippen LogP contribution in [0, 0.1) is 5.82 Å². The number of rotatable bonds is 4. The van der Waals surface area contributed by atoms with E-state index < -0.39 is 0 Å². The van der Waals surface area contributed by atoms with Crippen LogP contribution in [0.15, 0.2) is 53.3 Å². The molecule has 3 nitrogen and oxygen atoms in total. The first-order chi connectivity index (χ1) is 10.7. The number of hydrogen-bond donors (Lipinski definition) is 0. The molecule has 0 atom stereocenters. The summed E-state index contributed by atoms with van der Waals surface area (Å²) in [5.41, 5.74) is 1.25. The molecule has 2 aromatic carbocycles. The van der Waals surface area contributed by atoms with Gasteiger partial charge >= 0.3 is 0 Å². The van der Waals surface area contributed by atoms with Crippen LogP contribution in [0.2, 0.25) is 0 Å². The second kappa shape index (κ2) is 6.10. The SMILES string of the molecule is CCCCc1nc2ccccc2c(=O)n1-c1ccc(F)cc1. The largest absolute Gasteiger partial charge is 0.268 e. The van der Waals surface area contributed by atoms with E-state index in [0.717, 1.165) is 18.7 Å². The Morgan fingerprint density at radius 2 is 1.82 bits per heavy atom. The average molecular weight is 296 g/mol. The van der Waals surface area contributed by atoms with Gasteiger partial charge < -0.3 is 0 Å². The van der Waals surface area contributed by atoms with Gasteiger partial charge in [-0.25, -0.2) is 9.37 Å². The normalized spacial score (nSPS) is 11.0. The van der Waals surface area contributed by atoms with Gasteiger partial charge in [0.25, 0.3) is 5.56 Å². The van der Waals surface area contributed by atoms with Gasteiger partial charge in [-0.3, -0.25) is 9.36 Å². The van der Waals surface area contributed by atoms with Crippen molar-refractivity contribution in [2.24, 2.45) is 0 Å². The van der Waals surface area contributed by atoms with Crippen molar-refractivity contribution >= 4 is 10.9 Å². The van der Waals surface area contributed by atoms with E-state index in [2.05, 4.69) is 11.9 Å². The molecule has 0 unspecified atom stereocenters. The van der Waals surface area contributed by atoms with Crippen molar-refractivity contribution in [3.05, 3.63) is 70.5 Å². The monoisotopic (exact) mass is 296 g/mol. The highest BCUT2D eigenvalue weighted by atomic mass is 19.1. The molecule has 4 heteroatoms. The molecule has 0 N–H and O–H groups in total. The molecule has 22 heavy (non-hydrogen) atoms. The molecule has 0 saturated heterocycles. The van der Waals surface area contributed by atoms with E-state index >= 15 is 0 Å². The topological polar surface area (TPSA) is 34.9 Å². The Kier molecular flexibility index (Phi) is 4.00. The van der Waals surface area contributed by atoms with Crippen molar-refractivity contribution < 1.29 is 4.39 Å². The first kappa shape index (κ1) is 14.4. The summed E-state index contributed by atoms with van der Waals surface area (Å²) in [6.07, 6.45) is 2.69. The third-order valence-corrected chi connectivity index (χ3v) is 3.68. The fourth-order valence-electron chi connectivity index (χ4n) is 2.54. The predicted octanol–water partition coefficient (Wildman–Crippen LogP) is 3.87. The third kappa shape index (κ3) is 2.64. The quantitative estimate of drug-likeness (QED) is 0.732. The molecule has 1 heterocycles. The lowest BCUT2D eigenvalue weighted by Crippen LogP contribution is -2.24. The van der Waals surface area contributed by atoms with Crippen molar-refractivity contribution in [1.29, 1.82) is 0 Å². The van der Waals surface area contributed by atoms with E-state index in [1.54, 1.807) is 22.8 Å². The fraction of sp³-hybridized carbons (Fsp3) is 0.222. The summed E-state index contributed by atoms with van der Waals surface area (Å²) >= 11 is 0. The summed E-state index contributed by atoms with van der Waals surface area (Å²) in [6, 6.07) is 13.3. The zero-order chi connectivity index (χ0) is 15.5. The highest BCUT2D eigenvalue weighted by molar-refractivity contribution is 5.77. The van der Waals surface area contributed by atoms with Gasteiger partial charge in [-0.2, -0.15) is 0 Å². The van der Waals surface area contributed by atoms with Gasteiger partial charge in [-0.05, 0) is 42.8 Å². The Labute approximate surface area is 128 Å². The molecule has 0 aliphatic heterocycles. The smallest absolute Gasteiger partial charge is 0.265 e. The lowest BCUT2D eigenvalue weighted by molar-refractivity contribution is 0.626. The number of fused-ring (bicyclic) bond motifs is 1. The number of nitrogens with zero attached hydrogens (tertiary/aromatic N) is 2. The van der Waals surface area contributed by atoms with Gasteiger partial charge in [-0.15, -0.1) is 0 Å². The number of halogens is 1. The summed E-state index contributed by atoms with van der Waals surface area (Å²) in [4.78, 5) is 17.5. The number of para-hydroxylation sites is 1. The first-order valence-corrected chi connectivity index (χ1v) is 7.47. The van der Waals surface area contributed by atoms with Gasteiger partial charge in [0.15, 0.2) is 0 Å². The maximum Gasteiger partial charge on any atom is 0.265 e.